The number of para-hydroxylation sites is 2. The minimum atomic E-state index is 0.662. The van der Waals surface area contributed by atoms with Crippen LogP contribution in [0.15, 0.2) is 67.4 Å². The maximum absolute atomic E-state index is 5.92. The molecule has 1 aromatic heterocycles. The van der Waals surface area contributed by atoms with Crippen molar-refractivity contribution in [2.75, 3.05) is 0 Å². The highest BCUT2D eigenvalue weighted by Crippen LogP contribution is 2.31. The molecular formula is C17H11BrN2O. The lowest BCUT2D eigenvalue weighted by Gasteiger charge is -1.99. The Kier molecular flexibility index (Phi) is 2.97. The van der Waals surface area contributed by atoms with Gasteiger partial charge in [0.05, 0.1) is 17.1 Å². The van der Waals surface area contributed by atoms with E-state index in [1.54, 1.807) is 0 Å². The minimum Gasteiger partial charge on any atom is -0.455 e. The SMILES string of the molecule is Brc1ccc2oc(C3=Nc4ccccc4N=CC3)cc2c1. The van der Waals surface area contributed by atoms with E-state index >= 15 is 0 Å². The number of benzene rings is 2. The standard InChI is InChI=1S/C17H11BrN2O/c18-12-5-6-16-11(9-12)10-17(21-16)15-7-8-19-13-3-1-2-4-14(13)20-15/h1-6,8-10H,7H2. The zero-order valence-corrected chi connectivity index (χ0v) is 12.7. The quantitative estimate of drug-likeness (QED) is 0.583. The number of fused-ring (bicyclic) bond motifs is 2. The Balaban J connectivity index is 1.85. The summed E-state index contributed by atoms with van der Waals surface area (Å²) in [5.74, 6) is 0.797. The van der Waals surface area contributed by atoms with Crippen molar-refractivity contribution >= 4 is 50.2 Å². The van der Waals surface area contributed by atoms with Gasteiger partial charge >= 0.3 is 0 Å². The molecule has 3 aromatic rings. The van der Waals surface area contributed by atoms with Crippen LogP contribution < -0.4 is 0 Å². The number of hydrogen-bond donors (Lipinski definition) is 0. The molecular weight excluding hydrogens is 328 g/mol. The fourth-order valence-corrected chi connectivity index (χ4v) is 2.78. The maximum atomic E-state index is 5.92. The van der Waals surface area contributed by atoms with Gasteiger partial charge < -0.3 is 4.42 Å². The molecule has 1 aliphatic rings. The van der Waals surface area contributed by atoms with Crippen molar-refractivity contribution < 1.29 is 4.42 Å². The molecule has 4 heteroatoms. The monoisotopic (exact) mass is 338 g/mol. The van der Waals surface area contributed by atoms with E-state index in [-0.39, 0.29) is 0 Å². The second-order valence-electron chi connectivity index (χ2n) is 4.86. The average Bonchev–Trinajstić information content (AvgIpc) is 2.78. The van der Waals surface area contributed by atoms with Gasteiger partial charge in [-0.2, -0.15) is 0 Å². The van der Waals surface area contributed by atoms with E-state index in [1.165, 1.54) is 0 Å². The van der Waals surface area contributed by atoms with Crippen LogP contribution in [0.25, 0.3) is 11.0 Å². The van der Waals surface area contributed by atoms with Crippen molar-refractivity contribution in [3.8, 4) is 0 Å². The molecule has 3 nitrogen and oxygen atoms in total. The number of hydrogen-bond acceptors (Lipinski definition) is 3. The molecule has 2 heterocycles. The van der Waals surface area contributed by atoms with Crippen LogP contribution >= 0.6 is 15.9 Å². The number of furan rings is 1. The van der Waals surface area contributed by atoms with Crippen LogP contribution in [0.3, 0.4) is 0 Å². The predicted molar refractivity (Wildman–Crippen MR) is 89.3 cm³/mol. The first-order valence-corrected chi connectivity index (χ1v) is 7.47. The average molecular weight is 339 g/mol. The molecule has 21 heavy (non-hydrogen) atoms. The number of rotatable bonds is 1. The van der Waals surface area contributed by atoms with Crippen molar-refractivity contribution in [1.82, 2.24) is 0 Å². The molecule has 0 spiro atoms. The summed E-state index contributed by atoms with van der Waals surface area (Å²) in [5, 5.41) is 1.07. The highest BCUT2D eigenvalue weighted by atomic mass is 79.9. The lowest BCUT2D eigenvalue weighted by atomic mass is 10.2. The van der Waals surface area contributed by atoms with E-state index < -0.39 is 0 Å². The molecule has 0 fully saturated rings. The Morgan fingerprint density at radius 3 is 2.76 bits per heavy atom. The summed E-state index contributed by atoms with van der Waals surface area (Å²) in [6.45, 7) is 0. The Morgan fingerprint density at radius 1 is 1.00 bits per heavy atom. The van der Waals surface area contributed by atoms with Gasteiger partial charge in [0.25, 0.3) is 0 Å². The largest absolute Gasteiger partial charge is 0.455 e. The summed E-state index contributed by atoms with van der Waals surface area (Å²) < 4.78 is 6.96. The van der Waals surface area contributed by atoms with E-state index in [9.17, 15) is 0 Å². The number of halogens is 1. The third kappa shape index (κ3) is 2.32. The van der Waals surface area contributed by atoms with Crippen molar-refractivity contribution in [2.24, 2.45) is 9.98 Å². The van der Waals surface area contributed by atoms with Gasteiger partial charge in [-0.15, -0.1) is 0 Å². The fraction of sp³-hybridized carbons (Fsp3) is 0.0588. The van der Waals surface area contributed by atoms with Crippen LogP contribution in [0, 0.1) is 0 Å². The molecule has 0 radical (unpaired) electrons. The third-order valence-corrected chi connectivity index (χ3v) is 3.91. The molecule has 0 N–H and O–H groups in total. The van der Waals surface area contributed by atoms with Crippen LogP contribution in [-0.4, -0.2) is 11.9 Å². The Hall–Kier alpha value is -2.20. The lowest BCUT2D eigenvalue weighted by molar-refractivity contribution is 0.604. The Bertz CT molecular complexity index is 893. The zero-order chi connectivity index (χ0) is 14.2. The van der Waals surface area contributed by atoms with Crippen LogP contribution in [0.1, 0.15) is 12.2 Å². The van der Waals surface area contributed by atoms with Gasteiger partial charge in [-0.05, 0) is 36.4 Å². The summed E-state index contributed by atoms with van der Waals surface area (Å²) in [7, 11) is 0. The second-order valence-corrected chi connectivity index (χ2v) is 5.77. The van der Waals surface area contributed by atoms with Gasteiger partial charge in [0.1, 0.15) is 11.3 Å². The molecule has 4 rings (SSSR count). The van der Waals surface area contributed by atoms with Gasteiger partial charge in [0.15, 0.2) is 0 Å². The van der Waals surface area contributed by atoms with Crippen molar-refractivity contribution in [2.45, 2.75) is 6.42 Å². The Morgan fingerprint density at radius 2 is 1.86 bits per heavy atom. The molecule has 2 aromatic carbocycles. The van der Waals surface area contributed by atoms with Crippen LogP contribution in [0.4, 0.5) is 11.4 Å². The molecule has 1 aliphatic heterocycles. The van der Waals surface area contributed by atoms with E-state index in [0.717, 1.165) is 38.3 Å². The van der Waals surface area contributed by atoms with Crippen molar-refractivity contribution in [3.05, 3.63) is 58.8 Å². The van der Waals surface area contributed by atoms with Crippen molar-refractivity contribution in [3.63, 3.8) is 0 Å². The minimum absolute atomic E-state index is 0.662. The lowest BCUT2D eigenvalue weighted by Crippen LogP contribution is -1.98. The fourth-order valence-electron chi connectivity index (χ4n) is 2.40. The summed E-state index contributed by atoms with van der Waals surface area (Å²) in [6.07, 6.45) is 2.55. The number of nitrogens with zero attached hydrogens (tertiary/aromatic N) is 2. The first-order valence-electron chi connectivity index (χ1n) is 6.68. The molecule has 0 atom stereocenters. The summed E-state index contributed by atoms with van der Waals surface area (Å²) in [4.78, 5) is 9.16. The summed E-state index contributed by atoms with van der Waals surface area (Å²) in [5.41, 5.74) is 3.54. The van der Waals surface area contributed by atoms with E-state index in [4.69, 9.17) is 9.41 Å². The molecule has 0 saturated carbocycles. The first-order chi connectivity index (χ1) is 10.3. The van der Waals surface area contributed by atoms with Gasteiger partial charge in [0.2, 0.25) is 0 Å². The van der Waals surface area contributed by atoms with Crippen molar-refractivity contribution in [1.29, 1.82) is 0 Å². The highest BCUT2D eigenvalue weighted by molar-refractivity contribution is 9.10. The summed E-state index contributed by atoms with van der Waals surface area (Å²) in [6, 6.07) is 15.9. The van der Waals surface area contributed by atoms with Gasteiger partial charge in [-0.3, -0.25) is 4.99 Å². The molecule has 0 unspecified atom stereocenters. The van der Waals surface area contributed by atoms with E-state index in [2.05, 4.69) is 20.9 Å². The van der Waals surface area contributed by atoms with E-state index in [0.29, 0.717) is 6.42 Å². The van der Waals surface area contributed by atoms with Gasteiger partial charge in [-0.1, -0.05) is 28.1 Å². The molecule has 0 bridgehead atoms. The van der Waals surface area contributed by atoms with E-state index in [1.807, 2.05) is 54.7 Å². The zero-order valence-electron chi connectivity index (χ0n) is 11.1. The molecule has 0 amide bonds. The van der Waals surface area contributed by atoms with Gasteiger partial charge in [0, 0.05) is 22.5 Å². The van der Waals surface area contributed by atoms with Crippen LogP contribution in [-0.2, 0) is 0 Å². The third-order valence-electron chi connectivity index (χ3n) is 3.41. The maximum Gasteiger partial charge on any atom is 0.150 e. The first kappa shape index (κ1) is 12.5. The molecule has 0 aliphatic carbocycles. The smallest absolute Gasteiger partial charge is 0.150 e. The van der Waals surface area contributed by atoms with Crippen LogP contribution in [0.2, 0.25) is 0 Å². The molecule has 0 saturated heterocycles. The van der Waals surface area contributed by atoms with Gasteiger partial charge in [-0.25, -0.2) is 4.99 Å². The Labute approximate surface area is 130 Å². The highest BCUT2D eigenvalue weighted by Gasteiger charge is 2.13. The predicted octanol–water partition coefficient (Wildman–Crippen LogP) is 5.42. The molecule has 102 valence electrons. The number of aliphatic imine (C=N–C) groups is 2. The second kappa shape index (κ2) is 4.97. The van der Waals surface area contributed by atoms with Crippen LogP contribution in [0.5, 0.6) is 0 Å². The summed E-state index contributed by atoms with van der Waals surface area (Å²) >= 11 is 3.48. The normalized spacial score (nSPS) is 13.9. The topological polar surface area (TPSA) is 37.9 Å².